The Hall–Kier alpha value is -1.86. The van der Waals surface area contributed by atoms with E-state index >= 15 is 0 Å². The Kier molecular flexibility index (Phi) is 5.20. The maximum Gasteiger partial charge on any atom is 0.142 e. The summed E-state index contributed by atoms with van der Waals surface area (Å²) in [5.41, 5.74) is 6.18. The van der Waals surface area contributed by atoms with Crippen LogP contribution in [0.4, 0.5) is 5.82 Å². The maximum atomic E-state index is 7.75. The number of nitrogen functional groups attached to an aromatic ring is 1. The quantitative estimate of drug-likeness (QED) is 0.620. The summed E-state index contributed by atoms with van der Waals surface area (Å²) in [7, 11) is 4.27. The lowest BCUT2D eigenvalue weighted by atomic mass is 10.1. The molecule has 0 saturated carbocycles. The summed E-state index contributed by atoms with van der Waals surface area (Å²) >= 11 is 0. The molecule has 0 aliphatic carbocycles. The topological polar surface area (TPSA) is 81.7 Å². The van der Waals surface area contributed by atoms with Crippen LogP contribution in [0.5, 0.6) is 5.75 Å². The number of hydrogen-bond acceptors (Lipinski definition) is 6. The van der Waals surface area contributed by atoms with Gasteiger partial charge in [-0.25, -0.2) is 4.98 Å². The molecule has 1 aromatic rings. The summed E-state index contributed by atoms with van der Waals surface area (Å²) in [6.07, 6.45) is 2.28. The van der Waals surface area contributed by atoms with E-state index in [0.29, 0.717) is 5.69 Å². The molecule has 0 unspecified atom stereocenters. The van der Waals surface area contributed by atoms with Crippen molar-refractivity contribution in [2.24, 2.45) is 5.73 Å². The number of nitrogens with zero attached hydrogens (tertiary/aromatic N) is 4. The number of hydrogen-bond donors (Lipinski definition) is 2. The van der Waals surface area contributed by atoms with Crippen LogP contribution in [0.3, 0.4) is 0 Å². The molecule has 7 nitrogen and oxygen atoms in total. The molecular formula is C17H28N6O. The number of aromatic nitrogens is 1. The van der Waals surface area contributed by atoms with E-state index in [1.54, 1.807) is 6.07 Å². The number of ether oxygens (including phenoxy) is 1. The van der Waals surface area contributed by atoms with Crippen LogP contribution in [0, 0.1) is 5.41 Å². The van der Waals surface area contributed by atoms with Gasteiger partial charge in [-0.05, 0) is 26.9 Å². The van der Waals surface area contributed by atoms with Gasteiger partial charge in [-0.1, -0.05) is 0 Å². The number of rotatable bonds is 4. The van der Waals surface area contributed by atoms with Gasteiger partial charge in [-0.3, -0.25) is 5.41 Å². The summed E-state index contributed by atoms with van der Waals surface area (Å²) in [6, 6.07) is 3.79. The van der Waals surface area contributed by atoms with Gasteiger partial charge < -0.3 is 25.2 Å². The lowest BCUT2D eigenvalue weighted by Crippen LogP contribution is -2.45. The Morgan fingerprint density at radius 2 is 1.71 bits per heavy atom. The van der Waals surface area contributed by atoms with Crippen molar-refractivity contribution in [2.45, 2.75) is 18.9 Å². The average molecular weight is 332 g/mol. The zero-order valence-electron chi connectivity index (χ0n) is 14.7. The summed E-state index contributed by atoms with van der Waals surface area (Å²) in [5, 5.41) is 7.75. The van der Waals surface area contributed by atoms with Gasteiger partial charge in [0.05, 0.1) is 0 Å². The Morgan fingerprint density at radius 1 is 1.08 bits per heavy atom. The maximum absolute atomic E-state index is 7.75. The molecule has 24 heavy (non-hydrogen) atoms. The van der Waals surface area contributed by atoms with Gasteiger partial charge in [0.25, 0.3) is 0 Å². The second-order valence-corrected chi connectivity index (χ2v) is 6.87. The van der Waals surface area contributed by atoms with Crippen LogP contribution in [0.25, 0.3) is 0 Å². The number of nitrogens with one attached hydrogen (secondary N) is 1. The van der Waals surface area contributed by atoms with Gasteiger partial charge in [0.15, 0.2) is 0 Å². The first-order chi connectivity index (χ1) is 11.5. The van der Waals surface area contributed by atoms with Gasteiger partial charge in [0.2, 0.25) is 0 Å². The predicted molar refractivity (Wildman–Crippen MR) is 96.1 cm³/mol. The highest BCUT2D eigenvalue weighted by atomic mass is 16.5. The monoisotopic (exact) mass is 332 g/mol. The summed E-state index contributed by atoms with van der Waals surface area (Å²) in [6.45, 7) is 5.99. The number of anilines is 1. The van der Waals surface area contributed by atoms with E-state index < -0.39 is 0 Å². The standard InChI is InChI=1S/C17H28N6O/c1-21-5-3-13(4-6-21)24-14-11-15(17(18)19)20-16(12-14)23-9-7-22(2)8-10-23/h11-13H,3-10H2,1-2H3,(H3,18,19). The van der Waals surface area contributed by atoms with Crippen molar-refractivity contribution >= 4 is 11.7 Å². The lowest BCUT2D eigenvalue weighted by molar-refractivity contribution is 0.114. The molecule has 0 aromatic carbocycles. The van der Waals surface area contributed by atoms with E-state index in [1.165, 1.54) is 0 Å². The molecule has 2 fully saturated rings. The Morgan fingerprint density at radius 3 is 2.33 bits per heavy atom. The number of piperidine rings is 1. The van der Waals surface area contributed by atoms with Crippen LogP contribution in [-0.2, 0) is 0 Å². The van der Waals surface area contributed by atoms with E-state index in [9.17, 15) is 0 Å². The van der Waals surface area contributed by atoms with Crippen molar-refractivity contribution in [1.29, 1.82) is 5.41 Å². The van der Waals surface area contributed by atoms with E-state index in [4.69, 9.17) is 15.9 Å². The molecule has 0 atom stereocenters. The molecule has 132 valence electrons. The van der Waals surface area contributed by atoms with E-state index in [2.05, 4.69) is 33.8 Å². The van der Waals surface area contributed by atoms with Crippen molar-refractivity contribution in [2.75, 3.05) is 58.3 Å². The van der Waals surface area contributed by atoms with Crippen LogP contribution in [-0.4, -0.2) is 80.1 Å². The molecule has 2 saturated heterocycles. The fourth-order valence-corrected chi connectivity index (χ4v) is 3.19. The first kappa shape index (κ1) is 17.0. The highest BCUT2D eigenvalue weighted by Gasteiger charge is 2.21. The summed E-state index contributed by atoms with van der Waals surface area (Å²) in [5.74, 6) is 1.62. The molecule has 3 heterocycles. The fourth-order valence-electron chi connectivity index (χ4n) is 3.19. The first-order valence-corrected chi connectivity index (χ1v) is 8.66. The predicted octanol–water partition coefficient (Wildman–Crippen LogP) is 0.590. The van der Waals surface area contributed by atoms with Crippen LogP contribution in [0.1, 0.15) is 18.5 Å². The summed E-state index contributed by atoms with van der Waals surface area (Å²) < 4.78 is 6.19. The molecule has 7 heteroatoms. The zero-order valence-corrected chi connectivity index (χ0v) is 14.7. The second kappa shape index (κ2) is 7.36. The first-order valence-electron chi connectivity index (χ1n) is 8.66. The Labute approximate surface area is 143 Å². The minimum absolute atomic E-state index is 0.0146. The number of nitrogens with two attached hydrogens (primary N) is 1. The third-order valence-corrected chi connectivity index (χ3v) is 4.86. The minimum Gasteiger partial charge on any atom is -0.490 e. The molecule has 2 aliphatic heterocycles. The van der Waals surface area contributed by atoms with Gasteiger partial charge in [-0.2, -0.15) is 0 Å². The minimum atomic E-state index is -0.0146. The van der Waals surface area contributed by atoms with Crippen molar-refractivity contribution in [3.63, 3.8) is 0 Å². The molecule has 0 radical (unpaired) electrons. The number of amidine groups is 1. The van der Waals surface area contributed by atoms with Gasteiger partial charge in [0, 0.05) is 51.4 Å². The zero-order chi connectivity index (χ0) is 17.1. The molecule has 0 bridgehead atoms. The van der Waals surface area contributed by atoms with Gasteiger partial charge in [0.1, 0.15) is 29.2 Å². The lowest BCUT2D eigenvalue weighted by Gasteiger charge is -2.34. The Balaban J connectivity index is 1.76. The van der Waals surface area contributed by atoms with Crippen molar-refractivity contribution in [3.8, 4) is 5.75 Å². The number of likely N-dealkylation sites (tertiary alicyclic amines) is 1. The molecule has 1 aromatic heterocycles. The molecule has 3 rings (SSSR count). The molecule has 0 spiro atoms. The van der Waals surface area contributed by atoms with E-state index in [0.717, 1.165) is 63.7 Å². The fraction of sp³-hybridized carbons (Fsp3) is 0.647. The third-order valence-electron chi connectivity index (χ3n) is 4.86. The van der Waals surface area contributed by atoms with Gasteiger partial charge >= 0.3 is 0 Å². The normalized spacial score (nSPS) is 21.0. The molecular weight excluding hydrogens is 304 g/mol. The Bertz CT molecular complexity index is 576. The van der Waals surface area contributed by atoms with Crippen molar-refractivity contribution in [1.82, 2.24) is 14.8 Å². The van der Waals surface area contributed by atoms with Crippen LogP contribution in [0.15, 0.2) is 12.1 Å². The highest BCUT2D eigenvalue weighted by Crippen LogP contribution is 2.25. The molecule has 3 N–H and O–H groups in total. The second-order valence-electron chi connectivity index (χ2n) is 6.87. The number of pyridine rings is 1. The van der Waals surface area contributed by atoms with Crippen molar-refractivity contribution < 1.29 is 4.74 Å². The largest absolute Gasteiger partial charge is 0.490 e. The highest BCUT2D eigenvalue weighted by molar-refractivity contribution is 5.93. The van der Waals surface area contributed by atoms with E-state index in [-0.39, 0.29) is 11.9 Å². The molecule has 0 amide bonds. The van der Waals surface area contributed by atoms with Crippen LogP contribution in [0.2, 0.25) is 0 Å². The average Bonchev–Trinajstić information content (AvgIpc) is 2.57. The number of piperazine rings is 1. The smallest absolute Gasteiger partial charge is 0.142 e. The SMILES string of the molecule is CN1CCC(Oc2cc(C(=N)N)nc(N3CCN(C)CC3)c2)CC1. The number of likely N-dealkylation sites (N-methyl/N-ethyl adjacent to an activating group) is 1. The van der Waals surface area contributed by atoms with Gasteiger partial charge in [-0.15, -0.1) is 0 Å². The third kappa shape index (κ3) is 4.15. The summed E-state index contributed by atoms with van der Waals surface area (Å²) in [4.78, 5) is 11.4. The van der Waals surface area contributed by atoms with E-state index in [1.807, 2.05) is 6.07 Å². The molecule has 2 aliphatic rings. The van der Waals surface area contributed by atoms with Crippen LogP contribution < -0.4 is 15.4 Å². The van der Waals surface area contributed by atoms with Crippen LogP contribution >= 0.6 is 0 Å². The van der Waals surface area contributed by atoms with Crippen molar-refractivity contribution in [3.05, 3.63) is 17.8 Å².